The van der Waals surface area contributed by atoms with Gasteiger partial charge in [-0.2, -0.15) is 0 Å². The average molecular weight is 346 g/mol. The van der Waals surface area contributed by atoms with E-state index >= 15 is 0 Å². The monoisotopic (exact) mass is 345 g/mol. The molecule has 0 spiro atoms. The molecule has 0 aromatic heterocycles. The summed E-state index contributed by atoms with van der Waals surface area (Å²) in [6.45, 7) is 2.27. The first kappa shape index (κ1) is 18.5. The number of aryl methyl sites for hydroxylation is 1. The number of hydrogen-bond donors (Lipinski definition) is 1. The first-order valence-electron chi connectivity index (χ1n) is 10.2. The van der Waals surface area contributed by atoms with Gasteiger partial charge in [-0.15, -0.1) is 0 Å². The van der Waals surface area contributed by atoms with Gasteiger partial charge >= 0.3 is 0 Å². The topological polar surface area (TPSA) is 26.0 Å². The first-order chi connectivity index (χ1) is 12.8. The van der Waals surface area contributed by atoms with Gasteiger partial charge < -0.3 is 5.73 Å². The van der Waals surface area contributed by atoms with Gasteiger partial charge in [0, 0.05) is 16.6 Å². The zero-order valence-electron chi connectivity index (χ0n) is 16.0. The van der Waals surface area contributed by atoms with Gasteiger partial charge in [-0.1, -0.05) is 106 Å². The van der Waals surface area contributed by atoms with Crippen LogP contribution in [0.3, 0.4) is 0 Å². The van der Waals surface area contributed by atoms with Crippen molar-refractivity contribution >= 4 is 16.5 Å². The number of fused-ring (bicyclic) bond motifs is 1. The van der Waals surface area contributed by atoms with Crippen molar-refractivity contribution in [2.24, 2.45) is 0 Å². The molecule has 3 aromatic carbocycles. The molecule has 3 aromatic rings. The molecule has 0 bridgehead atoms. The molecule has 0 saturated heterocycles. The van der Waals surface area contributed by atoms with Crippen LogP contribution in [0.25, 0.3) is 21.9 Å². The highest BCUT2D eigenvalue weighted by Gasteiger charge is 2.06. The van der Waals surface area contributed by atoms with Crippen molar-refractivity contribution in [3.05, 3.63) is 66.2 Å². The minimum atomic E-state index is 0.878. The first-order valence-corrected chi connectivity index (χ1v) is 10.2. The molecule has 0 heterocycles. The minimum absolute atomic E-state index is 0.878. The van der Waals surface area contributed by atoms with Crippen molar-refractivity contribution in [2.45, 2.75) is 58.3 Å². The van der Waals surface area contributed by atoms with Crippen molar-refractivity contribution in [2.75, 3.05) is 5.73 Å². The Balaban J connectivity index is 1.59. The highest BCUT2D eigenvalue weighted by atomic mass is 14.6. The summed E-state index contributed by atoms with van der Waals surface area (Å²) in [7, 11) is 0. The number of hydrogen-bond acceptors (Lipinski definition) is 1. The number of unbranched alkanes of at least 4 members (excludes halogenated alkanes) is 6. The standard InChI is InChI=1S/C25H31N/c1-2-3-4-5-6-7-8-11-20-14-16-22(17-15-20)24-19-18-21-12-9-10-13-23(21)25(24)26/h9-10,12-19H,2-8,11,26H2,1H3. The summed E-state index contributed by atoms with van der Waals surface area (Å²) in [4.78, 5) is 0. The Bertz CT molecular complexity index is 817. The van der Waals surface area contributed by atoms with E-state index in [1.807, 2.05) is 6.07 Å². The Kier molecular flexibility index (Phi) is 6.71. The fourth-order valence-electron chi connectivity index (χ4n) is 3.68. The second-order valence-electron chi connectivity index (χ2n) is 7.32. The molecular weight excluding hydrogens is 314 g/mol. The molecule has 2 N–H and O–H groups in total. The minimum Gasteiger partial charge on any atom is -0.398 e. The zero-order chi connectivity index (χ0) is 18.2. The highest BCUT2D eigenvalue weighted by molar-refractivity contribution is 6.00. The Morgan fingerprint density at radius 1 is 0.692 bits per heavy atom. The number of rotatable bonds is 9. The molecule has 0 aliphatic heterocycles. The Morgan fingerprint density at radius 2 is 1.38 bits per heavy atom. The quantitative estimate of drug-likeness (QED) is 0.318. The largest absolute Gasteiger partial charge is 0.398 e. The van der Waals surface area contributed by atoms with Crippen LogP contribution in [0.15, 0.2) is 60.7 Å². The molecular formula is C25H31N. The van der Waals surface area contributed by atoms with E-state index in [2.05, 4.69) is 61.5 Å². The molecule has 26 heavy (non-hydrogen) atoms. The summed E-state index contributed by atoms with van der Waals surface area (Å²) >= 11 is 0. The summed E-state index contributed by atoms with van der Waals surface area (Å²) in [5.74, 6) is 0. The van der Waals surface area contributed by atoms with Crippen LogP contribution in [0, 0.1) is 0 Å². The van der Waals surface area contributed by atoms with Crippen LogP contribution in [0.2, 0.25) is 0 Å². The predicted octanol–water partition coefficient (Wildman–Crippen LogP) is 7.38. The van der Waals surface area contributed by atoms with Gasteiger partial charge in [0.05, 0.1) is 0 Å². The number of nitrogens with two attached hydrogens (primary N) is 1. The average Bonchev–Trinajstić information content (AvgIpc) is 2.68. The van der Waals surface area contributed by atoms with Crippen molar-refractivity contribution in [1.29, 1.82) is 0 Å². The van der Waals surface area contributed by atoms with Gasteiger partial charge in [0.2, 0.25) is 0 Å². The summed E-state index contributed by atoms with van der Waals surface area (Å²) in [5.41, 5.74) is 11.1. The van der Waals surface area contributed by atoms with E-state index in [1.165, 1.54) is 67.9 Å². The summed E-state index contributed by atoms with van der Waals surface area (Å²) in [6.07, 6.45) is 10.7. The number of anilines is 1. The second-order valence-corrected chi connectivity index (χ2v) is 7.32. The smallest absolute Gasteiger partial charge is 0.0473 e. The maximum absolute atomic E-state index is 6.44. The SMILES string of the molecule is CCCCCCCCCc1ccc(-c2ccc3ccccc3c2N)cc1. The van der Waals surface area contributed by atoms with E-state index in [9.17, 15) is 0 Å². The molecule has 1 heteroatoms. The summed E-state index contributed by atoms with van der Waals surface area (Å²) < 4.78 is 0. The van der Waals surface area contributed by atoms with Crippen molar-refractivity contribution in [1.82, 2.24) is 0 Å². The maximum atomic E-state index is 6.44. The van der Waals surface area contributed by atoms with Crippen LogP contribution in [-0.4, -0.2) is 0 Å². The molecule has 0 amide bonds. The lowest BCUT2D eigenvalue weighted by Crippen LogP contribution is -1.92. The fraction of sp³-hybridized carbons (Fsp3) is 0.360. The second kappa shape index (κ2) is 9.43. The zero-order valence-corrected chi connectivity index (χ0v) is 16.0. The van der Waals surface area contributed by atoms with Gasteiger partial charge in [0.1, 0.15) is 0 Å². The van der Waals surface area contributed by atoms with Gasteiger partial charge in [-0.05, 0) is 29.4 Å². The lowest BCUT2D eigenvalue weighted by molar-refractivity contribution is 0.589. The van der Waals surface area contributed by atoms with E-state index in [0.717, 1.165) is 16.6 Å². The predicted molar refractivity (Wildman–Crippen MR) is 115 cm³/mol. The van der Waals surface area contributed by atoms with Crippen LogP contribution < -0.4 is 5.73 Å². The van der Waals surface area contributed by atoms with Crippen LogP contribution >= 0.6 is 0 Å². The van der Waals surface area contributed by atoms with Gasteiger partial charge in [0.25, 0.3) is 0 Å². The normalized spacial score (nSPS) is 11.1. The van der Waals surface area contributed by atoms with Crippen LogP contribution in [-0.2, 0) is 6.42 Å². The Morgan fingerprint density at radius 3 is 2.15 bits per heavy atom. The third-order valence-electron chi connectivity index (χ3n) is 5.30. The molecule has 136 valence electrons. The third kappa shape index (κ3) is 4.66. The van der Waals surface area contributed by atoms with Gasteiger partial charge in [-0.25, -0.2) is 0 Å². The van der Waals surface area contributed by atoms with E-state index in [1.54, 1.807) is 0 Å². The van der Waals surface area contributed by atoms with Crippen LogP contribution in [0.5, 0.6) is 0 Å². The Hall–Kier alpha value is -2.28. The lowest BCUT2D eigenvalue weighted by atomic mass is 9.97. The van der Waals surface area contributed by atoms with Gasteiger partial charge in [0.15, 0.2) is 0 Å². The van der Waals surface area contributed by atoms with Crippen molar-refractivity contribution in [3.63, 3.8) is 0 Å². The van der Waals surface area contributed by atoms with Crippen molar-refractivity contribution in [3.8, 4) is 11.1 Å². The molecule has 0 radical (unpaired) electrons. The van der Waals surface area contributed by atoms with E-state index in [4.69, 9.17) is 5.73 Å². The number of benzene rings is 3. The number of nitrogen functional groups attached to an aromatic ring is 1. The molecule has 0 unspecified atom stereocenters. The molecule has 0 aliphatic rings. The molecule has 0 atom stereocenters. The molecule has 1 nitrogen and oxygen atoms in total. The fourth-order valence-corrected chi connectivity index (χ4v) is 3.68. The van der Waals surface area contributed by atoms with Gasteiger partial charge in [-0.3, -0.25) is 0 Å². The van der Waals surface area contributed by atoms with Crippen molar-refractivity contribution < 1.29 is 0 Å². The summed E-state index contributed by atoms with van der Waals surface area (Å²) in [6, 6.07) is 21.6. The Labute approximate surface area is 158 Å². The third-order valence-corrected chi connectivity index (χ3v) is 5.30. The molecule has 0 fully saturated rings. The summed E-state index contributed by atoms with van der Waals surface area (Å²) in [5, 5.41) is 2.33. The maximum Gasteiger partial charge on any atom is 0.0473 e. The molecule has 3 rings (SSSR count). The van der Waals surface area contributed by atoms with E-state index in [0.29, 0.717) is 0 Å². The lowest BCUT2D eigenvalue weighted by Gasteiger charge is -2.10. The van der Waals surface area contributed by atoms with E-state index in [-0.39, 0.29) is 0 Å². The molecule has 0 aliphatic carbocycles. The van der Waals surface area contributed by atoms with Crippen LogP contribution in [0.4, 0.5) is 5.69 Å². The van der Waals surface area contributed by atoms with Crippen LogP contribution in [0.1, 0.15) is 57.4 Å². The van der Waals surface area contributed by atoms with E-state index < -0.39 is 0 Å². The highest BCUT2D eigenvalue weighted by Crippen LogP contribution is 2.32. The molecule has 0 saturated carbocycles.